The van der Waals surface area contributed by atoms with E-state index in [1.165, 1.54) is 24.5 Å². The summed E-state index contributed by atoms with van der Waals surface area (Å²) in [6, 6.07) is 4.31. The lowest BCUT2D eigenvalue weighted by molar-refractivity contribution is 0.103. The molecule has 2 aromatic heterocycles. The minimum Gasteiger partial charge on any atom is -0.397 e. The van der Waals surface area contributed by atoms with Crippen molar-refractivity contribution in [2.45, 2.75) is 0 Å². The van der Waals surface area contributed by atoms with Crippen LogP contribution in [-0.4, -0.2) is 15.8 Å². The average Bonchev–Trinajstić information content (AvgIpc) is 2.30. The number of ketones is 1. The highest BCUT2D eigenvalue weighted by Crippen LogP contribution is 2.11. The van der Waals surface area contributed by atoms with Gasteiger partial charge in [0.25, 0.3) is 0 Å². The van der Waals surface area contributed by atoms with Gasteiger partial charge in [0.1, 0.15) is 5.69 Å². The first-order valence-electron chi connectivity index (χ1n) is 4.54. The fourth-order valence-corrected chi connectivity index (χ4v) is 1.24. The van der Waals surface area contributed by atoms with Gasteiger partial charge >= 0.3 is 0 Å². The molecule has 0 unspecified atom stereocenters. The summed E-state index contributed by atoms with van der Waals surface area (Å²) in [6.07, 6.45) is 3.70. The first kappa shape index (κ1) is 10.2. The van der Waals surface area contributed by atoms with Crippen LogP contribution < -0.4 is 5.73 Å². The summed E-state index contributed by atoms with van der Waals surface area (Å²) in [7, 11) is 0. The van der Waals surface area contributed by atoms with Crippen molar-refractivity contribution in [2.24, 2.45) is 0 Å². The molecule has 0 aromatic carbocycles. The van der Waals surface area contributed by atoms with Crippen LogP contribution in [0.1, 0.15) is 16.1 Å². The van der Waals surface area contributed by atoms with E-state index >= 15 is 0 Å². The zero-order valence-corrected chi connectivity index (χ0v) is 8.22. The molecular weight excluding hydrogens is 209 g/mol. The summed E-state index contributed by atoms with van der Waals surface area (Å²) < 4.78 is 13.3. The Kier molecular flexibility index (Phi) is 2.59. The fourth-order valence-electron chi connectivity index (χ4n) is 1.24. The Morgan fingerprint density at radius 2 is 2.06 bits per heavy atom. The van der Waals surface area contributed by atoms with Crippen molar-refractivity contribution in [3.8, 4) is 0 Å². The third kappa shape index (κ3) is 1.88. The fraction of sp³-hybridized carbons (Fsp3) is 0. The lowest BCUT2D eigenvalue weighted by Crippen LogP contribution is -2.06. The molecule has 2 N–H and O–H groups in total. The standard InChI is InChI=1S/C11H8FN3O/c12-9-6-14-4-3-8(9)11(16)10-2-1-7(13)5-15-10/h1-6H,13H2. The molecule has 0 radical (unpaired) electrons. The van der Waals surface area contributed by atoms with E-state index in [4.69, 9.17) is 5.73 Å². The minimum absolute atomic E-state index is 0.0488. The Hall–Kier alpha value is -2.30. The van der Waals surface area contributed by atoms with Crippen LogP contribution in [0.5, 0.6) is 0 Å². The SMILES string of the molecule is Nc1ccc(C(=O)c2ccncc2F)nc1. The summed E-state index contributed by atoms with van der Waals surface area (Å²) in [5, 5.41) is 0. The van der Waals surface area contributed by atoms with Crippen LogP contribution >= 0.6 is 0 Å². The normalized spacial score (nSPS) is 10.1. The van der Waals surface area contributed by atoms with Crippen LogP contribution in [0.4, 0.5) is 10.1 Å². The molecule has 4 nitrogen and oxygen atoms in total. The van der Waals surface area contributed by atoms with Crippen LogP contribution in [0.15, 0.2) is 36.8 Å². The highest BCUT2D eigenvalue weighted by Gasteiger charge is 2.14. The van der Waals surface area contributed by atoms with Crippen LogP contribution in [0.25, 0.3) is 0 Å². The number of hydrogen-bond acceptors (Lipinski definition) is 4. The van der Waals surface area contributed by atoms with Gasteiger partial charge in [0, 0.05) is 6.20 Å². The molecule has 0 amide bonds. The molecule has 0 aliphatic carbocycles. The van der Waals surface area contributed by atoms with E-state index in [1.807, 2.05) is 0 Å². The molecule has 0 saturated carbocycles. The quantitative estimate of drug-likeness (QED) is 0.772. The van der Waals surface area contributed by atoms with E-state index in [9.17, 15) is 9.18 Å². The monoisotopic (exact) mass is 217 g/mol. The molecule has 0 spiro atoms. The number of aromatic nitrogens is 2. The van der Waals surface area contributed by atoms with Crippen LogP contribution in [0, 0.1) is 5.82 Å². The van der Waals surface area contributed by atoms with Gasteiger partial charge in [0.05, 0.1) is 23.6 Å². The lowest BCUT2D eigenvalue weighted by atomic mass is 10.1. The highest BCUT2D eigenvalue weighted by molar-refractivity contribution is 6.07. The third-order valence-electron chi connectivity index (χ3n) is 2.04. The smallest absolute Gasteiger partial charge is 0.214 e. The second-order valence-corrected chi connectivity index (χ2v) is 3.16. The molecule has 0 aliphatic rings. The maximum Gasteiger partial charge on any atom is 0.214 e. The predicted octanol–water partition coefficient (Wildman–Crippen LogP) is 1.43. The third-order valence-corrected chi connectivity index (χ3v) is 2.04. The Balaban J connectivity index is 2.40. The number of nitrogen functional groups attached to an aromatic ring is 1. The van der Waals surface area contributed by atoms with Crippen molar-refractivity contribution in [2.75, 3.05) is 5.73 Å². The maximum atomic E-state index is 13.3. The van der Waals surface area contributed by atoms with Gasteiger partial charge in [-0.2, -0.15) is 0 Å². The topological polar surface area (TPSA) is 68.9 Å². The summed E-state index contributed by atoms with van der Waals surface area (Å²) in [5.41, 5.74) is 5.99. The van der Waals surface area contributed by atoms with Crippen molar-refractivity contribution in [1.82, 2.24) is 9.97 Å². The van der Waals surface area contributed by atoms with Gasteiger partial charge in [-0.1, -0.05) is 0 Å². The second kappa shape index (κ2) is 4.06. The molecule has 2 heterocycles. The molecule has 0 fully saturated rings. The summed E-state index contributed by atoms with van der Waals surface area (Å²) >= 11 is 0. The summed E-state index contributed by atoms with van der Waals surface area (Å²) in [6.45, 7) is 0. The van der Waals surface area contributed by atoms with Crippen molar-refractivity contribution >= 4 is 11.5 Å². The van der Waals surface area contributed by atoms with Crippen molar-refractivity contribution in [3.05, 3.63) is 53.9 Å². The van der Waals surface area contributed by atoms with Gasteiger partial charge in [-0.25, -0.2) is 4.39 Å². The van der Waals surface area contributed by atoms with Gasteiger partial charge in [-0.15, -0.1) is 0 Å². The van der Waals surface area contributed by atoms with Crippen LogP contribution in [-0.2, 0) is 0 Å². The number of carbonyl (C=O) groups excluding carboxylic acids is 1. The summed E-state index contributed by atoms with van der Waals surface area (Å²) in [4.78, 5) is 19.2. The largest absolute Gasteiger partial charge is 0.397 e. The number of nitrogens with two attached hydrogens (primary N) is 1. The molecule has 5 heteroatoms. The highest BCUT2D eigenvalue weighted by atomic mass is 19.1. The molecule has 2 aromatic rings. The van der Waals surface area contributed by atoms with Crippen molar-refractivity contribution in [3.63, 3.8) is 0 Å². The number of halogens is 1. The van der Waals surface area contributed by atoms with E-state index < -0.39 is 11.6 Å². The van der Waals surface area contributed by atoms with Crippen molar-refractivity contribution < 1.29 is 9.18 Å². The number of hydrogen-bond donors (Lipinski definition) is 1. The lowest BCUT2D eigenvalue weighted by Gasteiger charge is -2.01. The number of anilines is 1. The number of nitrogens with zero attached hydrogens (tertiary/aromatic N) is 2. The summed E-state index contributed by atoms with van der Waals surface area (Å²) in [5.74, 6) is -1.15. The molecule has 2 rings (SSSR count). The molecule has 80 valence electrons. The van der Waals surface area contributed by atoms with Gasteiger partial charge in [-0.05, 0) is 18.2 Å². The zero-order chi connectivity index (χ0) is 11.5. The zero-order valence-electron chi connectivity index (χ0n) is 8.22. The van der Waals surface area contributed by atoms with E-state index in [2.05, 4.69) is 9.97 Å². The molecule has 0 saturated heterocycles. The van der Waals surface area contributed by atoms with E-state index in [1.54, 1.807) is 6.07 Å². The molecule has 16 heavy (non-hydrogen) atoms. The van der Waals surface area contributed by atoms with Gasteiger partial charge in [0.2, 0.25) is 5.78 Å². The molecular formula is C11H8FN3O. The van der Waals surface area contributed by atoms with Gasteiger partial charge in [0.15, 0.2) is 5.82 Å². The predicted molar refractivity (Wildman–Crippen MR) is 56.3 cm³/mol. The molecule has 0 bridgehead atoms. The number of carbonyl (C=O) groups is 1. The Bertz CT molecular complexity index is 525. The Morgan fingerprint density at radius 1 is 1.25 bits per heavy atom. The number of pyridine rings is 2. The Morgan fingerprint density at radius 3 is 2.69 bits per heavy atom. The van der Waals surface area contributed by atoms with E-state index in [-0.39, 0.29) is 11.3 Å². The maximum absolute atomic E-state index is 13.3. The minimum atomic E-state index is -0.661. The van der Waals surface area contributed by atoms with Crippen molar-refractivity contribution in [1.29, 1.82) is 0 Å². The first-order valence-corrected chi connectivity index (χ1v) is 4.54. The molecule has 0 atom stereocenters. The van der Waals surface area contributed by atoms with Crippen LogP contribution in [0.3, 0.4) is 0 Å². The van der Waals surface area contributed by atoms with E-state index in [0.29, 0.717) is 5.69 Å². The second-order valence-electron chi connectivity index (χ2n) is 3.16. The average molecular weight is 217 g/mol. The first-order chi connectivity index (χ1) is 7.68. The van der Waals surface area contributed by atoms with Crippen LogP contribution in [0.2, 0.25) is 0 Å². The van der Waals surface area contributed by atoms with Gasteiger partial charge in [-0.3, -0.25) is 14.8 Å². The number of rotatable bonds is 2. The Labute approximate surface area is 91.0 Å². The molecule has 0 aliphatic heterocycles. The van der Waals surface area contributed by atoms with E-state index in [0.717, 1.165) is 6.20 Å². The van der Waals surface area contributed by atoms with Gasteiger partial charge < -0.3 is 5.73 Å².